The van der Waals surface area contributed by atoms with Crippen LogP contribution in [0.4, 0.5) is 10.7 Å². The van der Waals surface area contributed by atoms with Crippen molar-refractivity contribution in [2.45, 2.75) is 38.6 Å². The molecular formula is C28H30ClN5O4. The van der Waals surface area contributed by atoms with Crippen LogP contribution in [-0.4, -0.2) is 63.4 Å². The second kappa shape index (κ2) is 10.9. The molecule has 2 aliphatic rings. The van der Waals surface area contributed by atoms with Crippen molar-refractivity contribution in [3.63, 3.8) is 0 Å². The van der Waals surface area contributed by atoms with E-state index >= 15 is 0 Å². The number of likely N-dealkylation sites (tertiary alicyclic amines) is 2. The minimum absolute atomic E-state index is 0.141. The van der Waals surface area contributed by atoms with Gasteiger partial charge < -0.3 is 19.1 Å². The summed E-state index contributed by atoms with van der Waals surface area (Å²) in [7, 11) is 0. The average Bonchev–Trinajstić information content (AvgIpc) is 3.03. The third-order valence-corrected chi connectivity index (χ3v) is 7.32. The summed E-state index contributed by atoms with van der Waals surface area (Å²) < 4.78 is 7.45. The Bertz CT molecular complexity index is 1410. The highest BCUT2D eigenvalue weighted by Gasteiger charge is 2.29. The molecule has 2 aromatic carbocycles. The number of carbonyl (C=O) groups is 3. The number of aryl methyl sites for hydroxylation is 1. The van der Waals surface area contributed by atoms with Gasteiger partial charge in [0.1, 0.15) is 5.75 Å². The second-order valence-corrected chi connectivity index (χ2v) is 10.2. The molecule has 0 bridgehead atoms. The minimum Gasteiger partial charge on any atom is -0.410 e. The molecule has 9 nitrogen and oxygen atoms in total. The standard InChI is InChI=1S/C28H30ClN5O4/c1-3-24(35)33-11-5-4-10-20(17-33)34-25-22(29)15-21(38-28(37)32-12-7-13-32)16-23(25)30-27(34)31-26(36)19-9-6-8-18(2)14-19/h3,6,8-9,14-16,20H,1,4-5,7,10-13,17H2,2H3,(H,30,31,36)/t20-/m1/s1. The molecule has 2 aliphatic heterocycles. The zero-order valence-corrected chi connectivity index (χ0v) is 22.0. The number of hydrogen-bond acceptors (Lipinski definition) is 5. The smallest absolute Gasteiger partial charge is 0.410 e. The summed E-state index contributed by atoms with van der Waals surface area (Å²) in [6.07, 6.45) is 4.36. The van der Waals surface area contributed by atoms with Gasteiger partial charge >= 0.3 is 6.09 Å². The third-order valence-electron chi connectivity index (χ3n) is 7.04. The van der Waals surface area contributed by atoms with Gasteiger partial charge in [0.05, 0.1) is 22.1 Å². The number of halogens is 1. The largest absolute Gasteiger partial charge is 0.415 e. The van der Waals surface area contributed by atoms with Crippen LogP contribution in [0.1, 0.15) is 47.6 Å². The Morgan fingerprint density at radius 3 is 2.61 bits per heavy atom. The van der Waals surface area contributed by atoms with Crippen molar-refractivity contribution in [2.24, 2.45) is 0 Å². The summed E-state index contributed by atoms with van der Waals surface area (Å²) in [5, 5.41) is 3.29. The molecule has 3 aromatic rings. The number of anilines is 1. The number of aromatic nitrogens is 2. The first-order valence-electron chi connectivity index (χ1n) is 12.8. The number of benzene rings is 2. The van der Waals surface area contributed by atoms with E-state index in [2.05, 4.69) is 11.9 Å². The maximum atomic E-state index is 13.2. The normalized spacial score (nSPS) is 17.5. The van der Waals surface area contributed by atoms with Gasteiger partial charge in [0.2, 0.25) is 11.9 Å². The summed E-state index contributed by atoms with van der Waals surface area (Å²) in [6.45, 7) is 7.94. The van der Waals surface area contributed by atoms with Gasteiger partial charge in [-0.25, -0.2) is 9.78 Å². The van der Waals surface area contributed by atoms with Crippen molar-refractivity contribution >= 4 is 46.5 Å². The van der Waals surface area contributed by atoms with E-state index in [9.17, 15) is 14.4 Å². The molecule has 5 rings (SSSR count). The number of hydrogen-bond donors (Lipinski definition) is 1. The van der Waals surface area contributed by atoms with Gasteiger partial charge in [-0.2, -0.15) is 0 Å². The predicted molar refractivity (Wildman–Crippen MR) is 146 cm³/mol. The molecule has 1 N–H and O–H groups in total. The van der Waals surface area contributed by atoms with Gasteiger partial charge in [0, 0.05) is 43.9 Å². The van der Waals surface area contributed by atoms with E-state index in [-0.39, 0.29) is 23.6 Å². The quantitative estimate of drug-likeness (QED) is 0.453. The molecule has 198 valence electrons. The lowest BCUT2D eigenvalue weighted by molar-refractivity contribution is -0.126. The van der Waals surface area contributed by atoms with E-state index in [4.69, 9.17) is 21.3 Å². The highest BCUT2D eigenvalue weighted by atomic mass is 35.5. The van der Waals surface area contributed by atoms with Gasteiger partial charge in [-0.1, -0.05) is 35.9 Å². The number of carbonyl (C=O) groups excluding carboxylic acids is 3. The maximum absolute atomic E-state index is 13.2. The Hall–Kier alpha value is -3.85. The summed E-state index contributed by atoms with van der Waals surface area (Å²) >= 11 is 6.78. The van der Waals surface area contributed by atoms with Crippen LogP contribution in [0.3, 0.4) is 0 Å². The van der Waals surface area contributed by atoms with Crippen molar-refractivity contribution in [3.05, 3.63) is 65.2 Å². The number of imidazole rings is 1. The zero-order valence-electron chi connectivity index (χ0n) is 21.3. The summed E-state index contributed by atoms with van der Waals surface area (Å²) in [5.41, 5.74) is 2.55. The van der Waals surface area contributed by atoms with E-state index in [0.717, 1.165) is 31.2 Å². The van der Waals surface area contributed by atoms with Crippen LogP contribution in [0.15, 0.2) is 49.1 Å². The fraction of sp³-hybridized carbons (Fsp3) is 0.357. The summed E-state index contributed by atoms with van der Waals surface area (Å²) in [5.74, 6) is 0.152. The fourth-order valence-corrected chi connectivity index (χ4v) is 5.24. The van der Waals surface area contributed by atoms with E-state index < -0.39 is 6.09 Å². The molecule has 3 heterocycles. The van der Waals surface area contributed by atoms with Crippen LogP contribution < -0.4 is 10.1 Å². The summed E-state index contributed by atoms with van der Waals surface area (Å²) in [6, 6.07) is 10.4. The van der Waals surface area contributed by atoms with Gasteiger partial charge in [-0.15, -0.1) is 0 Å². The number of amides is 3. The molecule has 0 spiro atoms. The first-order valence-corrected chi connectivity index (χ1v) is 13.2. The van der Waals surface area contributed by atoms with Crippen LogP contribution in [0.25, 0.3) is 11.0 Å². The molecule has 0 saturated carbocycles. The Morgan fingerprint density at radius 2 is 1.89 bits per heavy atom. The molecule has 2 fully saturated rings. The zero-order chi connectivity index (χ0) is 26.8. The molecule has 0 unspecified atom stereocenters. The second-order valence-electron chi connectivity index (χ2n) is 9.75. The number of nitrogens with zero attached hydrogens (tertiary/aromatic N) is 4. The van der Waals surface area contributed by atoms with E-state index in [1.54, 1.807) is 34.1 Å². The molecule has 38 heavy (non-hydrogen) atoms. The van der Waals surface area contributed by atoms with Crippen LogP contribution in [0.2, 0.25) is 5.02 Å². The Balaban J connectivity index is 1.56. The van der Waals surface area contributed by atoms with Crippen molar-refractivity contribution in [3.8, 4) is 5.75 Å². The van der Waals surface area contributed by atoms with Crippen molar-refractivity contribution < 1.29 is 19.1 Å². The molecule has 3 amide bonds. The number of rotatable bonds is 5. The molecule has 1 atom stereocenters. The minimum atomic E-state index is -0.429. The molecular weight excluding hydrogens is 506 g/mol. The Morgan fingerprint density at radius 1 is 1.11 bits per heavy atom. The van der Waals surface area contributed by atoms with E-state index in [0.29, 0.717) is 53.7 Å². The topological polar surface area (TPSA) is 96.8 Å². The van der Waals surface area contributed by atoms with Crippen molar-refractivity contribution in [1.29, 1.82) is 0 Å². The van der Waals surface area contributed by atoms with Gasteiger partial charge in [0.15, 0.2) is 0 Å². The highest BCUT2D eigenvalue weighted by Crippen LogP contribution is 2.36. The monoisotopic (exact) mass is 535 g/mol. The van der Waals surface area contributed by atoms with Crippen molar-refractivity contribution in [2.75, 3.05) is 31.5 Å². The first kappa shape index (κ1) is 25.8. The van der Waals surface area contributed by atoms with Crippen molar-refractivity contribution in [1.82, 2.24) is 19.4 Å². The SMILES string of the molecule is C=CC(=O)N1CCCC[C@@H](n2c(NC(=O)c3cccc(C)c3)nc3cc(OC(=O)N4CCC4)cc(Cl)c32)C1. The lowest BCUT2D eigenvalue weighted by Gasteiger charge is -2.29. The van der Waals surface area contributed by atoms with Crippen LogP contribution in [0, 0.1) is 6.92 Å². The lowest BCUT2D eigenvalue weighted by atomic mass is 10.1. The molecule has 10 heteroatoms. The molecule has 2 saturated heterocycles. The number of fused-ring (bicyclic) bond motifs is 1. The van der Waals surface area contributed by atoms with E-state index in [1.807, 2.05) is 23.6 Å². The average molecular weight is 536 g/mol. The maximum Gasteiger partial charge on any atom is 0.415 e. The third kappa shape index (κ3) is 5.24. The Labute approximate surface area is 226 Å². The number of nitrogens with one attached hydrogen (secondary N) is 1. The van der Waals surface area contributed by atoms with Crippen LogP contribution in [0.5, 0.6) is 5.75 Å². The lowest BCUT2D eigenvalue weighted by Crippen LogP contribution is -2.43. The first-order chi connectivity index (χ1) is 18.3. The van der Waals surface area contributed by atoms with Crippen LogP contribution >= 0.6 is 11.6 Å². The molecule has 0 radical (unpaired) electrons. The Kier molecular flexibility index (Phi) is 7.37. The van der Waals surface area contributed by atoms with Gasteiger partial charge in [-0.3, -0.25) is 14.9 Å². The van der Waals surface area contributed by atoms with Gasteiger partial charge in [0.25, 0.3) is 5.91 Å². The van der Waals surface area contributed by atoms with Crippen LogP contribution in [-0.2, 0) is 4.79 Å². The predicted octanol–water partition coefficient (Wildman–Crippen LogP) is 5.19. The van der Waals surface area contributed by atoms with E-state index in [1.165, 1.54) is 6.08 Å². The molecule has 0 aliphatic carbocycles. The number of ether oxygens (including phenoxy) is 1. The highest BCUT2D eigenvalue weighted by molar-refractivity contribution is 6.35. The molecule has 1 aromatic heterocycles. The fourth-order valence-electron chi connectivity index (χ4n) is 4.94. The summed E-state index contributed by atoms with van der Waals surface area (Å²) in [4.78, 5) is 46.2. The van der Waals surface area contributed by atoms with Gasteiger partial charge in [-0.05, 0) is 50.8 Å².